The molecule has 0 unspecified atom stereocenters. The number of halogens is 1. The minimum absolute atomic E-state index is 0.0354. The van der Waals surface area contributed by atoms with E-state index in [1.807, 2.05) is 6.07 Å². The first-order valence-corrected chi connectivity index (χ1v) is 5.56. The van der Waals surface area contributed by atoms with Crippen LogP contribution in [0.1, 0.15) is 5.56 Å². The fourth-order valence-electron chi connectivity index (χ4n) is 1.05. The van der Waals surface area contributed by atoms with Crippen LogP contribution in [-0.2, 0) is 16.4 Å². The van der Waals surface area contributed by atoms with Crippen LogP contribution in [0.2, 0.25) is 5.02 Å². The van der Waals surface area contributed by atoms with Crippen molar-refractivity contribution >= 4 is 21.6 Å². The molecule has 0 bridgehead atoms. The SMILES string of the molecule is N#CCc1cc(Cl)ccc1S(N)(=O)=O. The smallest absolute Gasteiger partial charge is 0.225 e. The van der Waals surface area contributed by atoms with Crippen LogP contribution in [0.4, 0.5) is 0 Å². The maximum absolute atomic E-state index is 11.1. The lowest BCUT2D eigenvalue weighted by molar-refractivity contribution is 0.597. The monoisotopic (exact) mass is 230 g/mol. The van der Waals surface area contributed by atoms with Crippen molar-refractivity contribution in [2.75, 3.05) is 0 Å². The standard InChI is InChI=1S/C8H7ClN2O2S/c9-7-1-2-8(14(11,12)13)6(5-7)3-4-10/h1-2,5H,3H2,(H2,11,12,13). The van der Waals surface area contributed by atoms with E-state index in [4.69, 9.17) is 22.0 Å². The highest BCUT2D eigenvalue weighted by Crippen LogP contribution is 2.19. The van der Waals surface area contributed by atoms with Gasteiger partial charge in [-0.25, -0.2) is 13.6 Å². The molecular formula is C8H7ClN2O2S. The van der Waals surface area contributed by atoms with E-state index < -0.39 is 10.0 Å². The Morgan fingerprint density at radius 1 is 1.50 bits per heavy atom. The number of rotatable bonds is 2. The summed E-state index contributed by atoms with van der Waals surface area (Å²) < 4.78 is 22.1. The number of primary sulfonamides is 1. The fourth-order valence-corrected chi connectivity index (χ4v) is 2.00. The average Bonchev–Trinajstić information content (AvgIpc) is 2.02. The van der Waals surface area contributed by atoms with E-state index in [0.29, 0.717) is 10.6 Å². The summed E-state index contributed by atoms with van der Waals surface area (Å²) in [5.74, 6) is 0. The first kappa shape index (κ1) is 11.0. The molecule has 0 fully saturated rings. The van der Waals surface area contributed by atoms with Gasteiger partial charge in [-0.1, -0.05) is 11.6 Å². The first-order valence-electron chi connectivity index (χ1n) is 3.63. The third kappa shape index (κ3) is 2.45. The fraction of sp³-hybridized carbons (Fsp3) is 0.125. The number of nitriles is 1. The average molecular weight is 231 g/mol. The minimum Gasteiger partial charge on any atom is -0.225 e. The molecule has 0 aliphatic heterocycles. The third-order valence-corrected chi connectivity index (χ3v) is 2.84. The molecule has 0 heterocycles. The Morgan fingerprint density at radius 3 is 2.64 bits per heavy atom. The Bertz CT molecular complexity index is 491. The highest BCUT2D eigenvalue weighted by atomic mass is 35.5. The van der Waals surface area contributed by atoms with Crippen LogP contribution >= 0.6 is 11.6 Å². The summed E-state index contributed by atoms with van der Waals surface area (Å²) in [5, 5.41) is 13.8. The zero-order valence-corrected chi connectivity index (χ0v) is 8.64. The number of hydrogen-bond acceptors (Lipinski definition) is 3. The zero-order valence-electron chi connectivity index (χ0n) is 7.07. The van der Waals surface area contributed by atoms with E-state index in [1.54, 1.807) is 0 Å². The van der Waals surface area contributed by atoms with E-state index in [9.17, 15) is 8.42 Å². The van der Waals surface area contributed by atoms with Crippen molar-refractivity contribution in [1.82, 2.24) is 0 Å². The minimum atomic E-state index is -3.78. The van der Waals surface area contributed by atoms with Gasteiger partial charge < -0.3 is 0 Å². The molecule has 4 nitrogen and oxygen atoms in total. The molecule has 14 heavy (non-hydrogen) atoms. The molecule has 0 amide bonds. The van der Waals surface area contributed by atoms with Gasteiger partial charge in [0.25, 0.3) is 0 Å². The van der Waals surface area contributed by atoms with E-state index in [2.05, 4.69) is 0 Å². The Labute approximate surface area is 87.0 Å². The Hall–Kier alpha value is -1.09. The van der Waals surface area contributed by atoms with Gasteiger partial charge in [0.2, 0.25) is 10.0 Å². The molecular weight excluding hydrogens is 224 g/mol. The van der Waals surface area contributed by atoms with Gasteiger partial charge >= 0.3 is 0 Å². The second-order valence-electron chi connectivity index (χ2n) is 2.63. The van der Waals surface area contributed by atoms with Crippen LogP contribution in [0.3, 0.4) is 0 Å². The third-order valence-electron chi connectivity index (χ3n) is 1.60. The van der Waals surface area contributed by atoms with Crippen molar-refractivity contribution in [2.24, 2.45) is 5.14 Å². The van der Waals surface area contributed by atoms with Gasteiger partial charge in [0.1, 0.15) is 0 Å². The van der Waals surface area contributed by atoms with Gasteiger partial charge in [-0.3, -0.25) is 0 Å². The van der Waals surface area contributed by atoms with Crippen LogP contribution in [0.15, 0.2) is 23.1 Å². The molecule has 0 saturated carbocycles. The molecule has 0 aliphatic carbocycles. The van der Waals surface area contributed by atoms with Crippen LogP contribution in [0.25, 0.3) is 0 Å². The van der Waals surface area contributed by atoms with E-state index in [1.165, 1.54) is 18.2 Å². The molecule has 74 valence electrons. The molecule has 0 radical (unpaired) electrons. The van der Waals surface area contributed by atoms with Crippen molar-refractivity contribution < 1.29 is 8.42 Å². The van der Waals surface area contributed by atoms with Crippen molar-refractivity contribution in [2.45, 2.75) is 11.3 Å². The molecule has 1 aromatic rings. The lowest BCUT2D eigenvalue weighted by Crippen LogP contribution is -2.14. The normalized spacial score (nSPS) is 10.9. The molecule has 6 heteroatoms. The van der Waals surface area contributed by atoms with E-state index in [0.717, 1.165) is 0 Å². The van der Waals surface area contributed by atoms with Gasteiger partial charge in [-0.15, -0.1) is 0 Å². The summed E-state index contributed by atoms with van der Waals surface area (Å²) in [4.78, 5) is -0.0524. The second-order valence-corrected chi connectivity index (χ2v) is 4.60. The Morgan fingerprint density at radius 2 is 2.14 bits per heavy atom. The number of hydrogen-bond donors (Lipinski definition) is 1. The van der Waals surface area contributed by atoms with Gasteiger partial charge in [0.05, 0.1) is 17.4 Å². The van der Waals surface area contributed by atoms with Crippen molar-refractivity contribution in [1.29, 1.82) is 5.26 Å². The summed E-state index contributed by atoms with van der Waals surface area (Å²) in [6.45, 7) is 0. The number of sulfonamides is 1. The number of nitrogens with two attached hydrogens (primary N) is 1. The summed E-state index contributed by atoms with van der Waals surface area (Å²) in [6.07, 6.45) is -0.0354. The summed E-state index contributed by atoms with van der Waals surface area (Å²) >= 11 is 5.66. The lowest BCUT2D eigenvalue weighted by atomic mass is 10.2. The van der Waals surface area contributed by atoms with Crippen molar-refractivity contribution in [3.63, 3.8) is 0 Å². The molecule has 1 aromatic carbocycles. The second kappa shape index (κ2) is 3.96. The first-order chi connectivity index (χ1) is 6.45. The number of nitrogens with zero attached hydrogens (tertiary/aromatic N) is 1. The highest BCUT2D eigenvalue weighted by molar-refractivity contribution is 7.89. The van der Waals surface area contributed by atoms with E-state index in [-0.39, 0.29) is 11.3 Å². The molecule has 0 aromatic heterocycles. The Balaban J connectivity index is 3.38. The molecule has 2 N–H and O–H groups in total. The predicted octanol–water partition coefficient (Wildman–Crippen LogP) is 1.05. The Kier molecular flexibility index (Phi) is 3.11. The van der Waals surface area contributed by atoms with Gasteiger partial charge in [0, 0.05) is 5.02 Å². The molecule has 0 aliphatic rings. The van der Waals surface area contributed by atoms with Crippen molar-refractivity contribution in [3.8, 4) is 6.07 Å². The number of benzene rings is 1. The van der Waals surface area contributed by atoms with Crippen LogP contribution < -0.4 is 5.14 Å². The summed E-state index contributed by atoms with van der Waals surface area (Å²) in [7, 11) is -3.78. The summed E-state index contributed by atoms with van der Waals surface area (Å²) in [5.41, 5.74) is 0.322. The molecule has 0 saturated heterocycles. The van der Waals surface area contributed by atoms with Gasteiger partial charge in [-0.05, 0) is 23.8 Å². The molecule has 0 atom stereocenters. The zero-order chi connectivity index (χ0) is 10.8. The van der Waals surface area contributed by atoms with Crippen molar-refractivity contribution in [3.05, 3.63) is 28.8 Å². The maximum atomic E-state index is 11.1. The predicted molar refractivity (Wildman–Crippen MR) is 52.1 cm³/mol. The van der Waals surface area contributed by atoms with Gasteiger partial charge in [-0.2, -0.15) is 5.26 Å². The maximum Gasteiger partial charge on any atom is 0.238 e. The highest BCUT2D eigenvalue weighted by Gasteiger charge is 2.13. The molecule has 0 spiro atoms. The summed E-state index contributed by atoms with van der Waals surface area (Å²) in [6, 6.07) is 5.98. The van der Waals surface area contributed by atoms with Crippen LogP contribution in [-0.4, -0.2) is 8.42 Å². The quantitative estimate of drug-likeness (QED) is 0.824. The van der Waals surface area contributed by atoms with Gasteiger partial charge in [0.15, 0.2) is 0 Å². The van der Waals surface area contributed by atoms with Crippen LogP contribution in [0.5, 0.6) is 0 Å². The lowest BCUT2D eigenvalue weighted by Gasteiger charge is -2.04. The van der Waals surface area contributed by atoms with Crippen LogP contribution in [0, 0.1) is 11.3 Å². The van der Waals surface area contributed by atoms with E-state index >= 15 is 0 Å². The molecule has 1 rings (SSSR count). The topological polar surface area (TPSA) is 83.9 Å². The largest absolute Gasteiger partial charge is 0.238 e.